The van der Waals surface area contributed by atoms with Crippen molar-refractivity contribution >= 4 is 47.6 Å². The topological polar surface area (TPSA) is 66.4 Å². The van der Waals surface area contributed by atoms with Crippen molar-refractivity contribution in [3.8, 4) is 5.75 Å². The first-order valence-corrected chi connectivity index (χ1v) is 8.64. The molecule has 0 saturated carbocycles. The Morgan fingerprint density at radius 2 is 1.65 bits per heavy atom. The third-order valence-corrected chi connectivity index (χ3v) is 5.23. The number of para-hydroxylation sites is 1. The van der Waals surface area contributed by atoms with Gasteiger partial charge in [-0.3, -0.25) is 4.72 Å². The molecule has 0 fully saturated rings. The first-order valence-electron chi connectivity index (χ1n) is 5.58. The molecule has 0 spiro atoms. The first kappa shape index (κ1) is 15.3. The zero-order valence-corrected chi connectivity index (χ0v) is 14.4. The number of aryl methyl sites for hydroxylation is 1. The molecular formula is C13H11Br2NO3S. The van der Waals surface area contributed by atoms with Gasteiger partial charge in [0.2, 0.25) is 0 Å². The van der Waals surface area contributed by atoms with Gasteiger partial charge in [0.25, 0.3) is 10.0 Å². The molecule has 0 atom stereocenters. The number of aromatic hydroxyl groups is 1. The van der Waals surface area contributed by atoms with Crippen LogP contribution in [0.25, 0.3) is 0 Å². The maximum Gasteiger partial charge on any atom is 0.265 e. The van der Waals surface area contributed by atoms with E-state index in [-0.39, 0.29) is 10.6 Å². The number of sulfonamides is 1. The molecule has 0 bridgehead atoms. The van der Waals surface area contributed by atoms with E-state index in [0.29, 0.717) is 14.6 Å². The summed E-state index contributed by atoms with van der Waals surface area (Å²) < 4.78 is 28.3. The Balaban J connectivity index is 2.47. The summed E-state index contributed by atoms with van der Waals surface area (Å²) in [5.74, 6) is -0.292. The fourth-order valence-electron chi connectivity index (χ4n) is 1.67. The molecule has 0 unspecified atom stereocenters. The largest absolute Gasteiger partial charge is 0.507 e. The Morgan fingerprint density at radius 1 is 1.10 bits per heavy atom. The molecule has 0 aliphatic carbocycles. The number of rotatable bonds is 3. The average molecular weight is 421 g/mol. The lowest BCUT2D eigenvalue weighted by atomic mass is 10.2. The lowest BCUT2D eigenvalue weighted by molar-refractivity contribution is 0.459. The molecule has 0 saturated heterocycles. The molecule has 0 amide bonds. The van der Waals surface area contributed by atoms with Gasteiger partial charge in [-0.05, 0) is 68.6 Å². The lowest BCUT2D eigenvalue weighted by Gasteiger charge is -2.13. The van der Waals surface area contributed by atoms with Gasteiger partial charge < -0.3 is 5.11 Å². The highest BCUT2D eigenvalue weighted by atomic mass is 79.9. The molecule has 7 heteroatoms. The van der Waals surface area contributed by atoms with Crippen LogP contribution >= 0.6 is 31.9 Å². The summed E-state index contributed by atoms with van der Waals surface area (Å²) in [7, 11) is -3.86. The van der Waals surface area contributed by atoms with E-state index in [9.17, 15) is 13.5 Å². The van der Waals surface area contributed by atoms with Crippen molar-refractivity contribution in [2.75, 3.05) is 4.72 Å². The van der Waals surface area contributed by atoms with Crippen LogP contribution in [-0.4, -0.2) is 13.5 Å². The molecule has 2 aromatic carbocycles. The monoisotopic (exact) mass is 419 g/mol. The molecule has 20 heavy (non-hydrogen) atoms. The van der Waals surface area contributed by atoms with Gasteiger partial charge in [0.05, 0.1) is 5.69 Å². The van der Waals surface area contributed by atoms with Gasteiger partial charge in [0.1, 0.15) is 10.6 Å². The molecule has 2 aromatic rings. The van der Waals surface area contributed by atoms with Crippen LogP contribution in [0.4, 0.5) is 5.69 Å². The molecule has 2 rings (SSSR count). The lowest BCUT2D eigenvalue weighted by Crippen LogP contribution is -2.14. The zero-order chi connectivity index (χ0) is 14.9. The quantitative estimate of drug-likeness (QED) is 0.787. The zero-order valence-electron chi connectivity index (χ0n) is 10.4. The third kappa shape index (κ3) is 3.16. The minimum absolute atomic E-state index is 0.167. The molecule has 4 nitrogen and oxygen atoms in total. The summed E-state index contributed by atoms with van der Waals surface area (Å²) in [6.07, 6.45) is 0. The van der Waals surface area contributed by atoms with E-state index in [4.69, 9.17) is 0 Å². The van der Waals surface area contributed by atoms with E-state index in [2.05, 4.69) is 36.6 Å². The molecule has 0 aliphatic rings. The predicted molar refractivity (Wildman–Crippen MR) is 85.5 cm³/mol. The van der Waals surface area contributed by atoms with Crippen molar-refractivity contribution in [1.29, 1.82) is 0 Å². The van der Waals surface area contributed by atoms with Gasteiger partial charge in [-0.1, -0.05) is 12.1 Å². The number of nitrogens with one attached hydrogen (secondary N) is 1. The maximum atomic E-state index is 12.3. The molecule has 0 heterocycles. The van der Waals surface area contributed by atoms with Gasteiger partial charge in [0, 0.05) is 8.95 Å². The van der Waals surface area contributed by atoms with E-state index < -0.39 is 10.0 Å². The molecule has 0 radical (unpaired) electrons. The van der Waals surface area contributed by atoms with Crippen LogP contribution < -0.4 is 4.72 Å². The maximum absolute atomic E-state index is 12.3. The minimum Gasteiger partial charge on any atom is -0.507 e. The van der Waals surface area contributed by atoms with E-state index in [1.54, 1.807) is 24.3 Å². The van der Waals surface area contributed by atoms with Crippen molar-refractivity contribution < 1.29 is 13.5 Å². The van der Waals surface area contributed by atoms with Gasteiger partial charge in [-0.25, -0.2) is 8.42 Å². The van der Waals surface area contributed by atoms with Gasteiger partial charge in [0.15, 0.2) is 0 Å². The smallest absolute Gasteiger partial charge is 0.265 e. The summed E-state index contributed by atoms with van der Waals surface area (Å²) in [4.78, 5) is -0.167. The standard InChI is InChI=1S/C13H11Br2NO3S/c1-8-6-9(14)13(10(15)7-8)16-20(18,19)12-5-3-2-4-11(12)17/h2-7,16-17H,1H3. The van der Waals surface area contributed by atoms with Crippen LogP contribution in [0.1, 0.15) is 5.56 Å². The Labute approximate surface area is 134 Å². The van der Waals surface area contributed by atoms with Crippen molar-refractivity contribution in [3.05, 3.63) is 50.9 Å². The molecule has 0 aromatic heterocycles. The fraction of sp³-hybridized carbons (Fsp3) is 0.0769. The number of hydrogen-bond donors (Lipinski definition) is 2. The normalized spacial score (nSPS) is 11.3. The van der Waals surface area contributed by atoms with Crippen LogP contribution in [0, 0.1) is 6.92 Å². The number of anilines is 1. The van der Waals surface area contributed by atoms with Crippen molar-refractivity contribution in [1.82, 2.24) is 0 Å². The fourth-order valence-corrected chi connectivity index (χ4v) is 4.75. The number of hydrogen-bond acceptors (Lipinski definition) is 3. The van der Waals surface area contributed by atoms with E-state index >= 15 is 0 Å². The highest BCUT2D eigenvalue weighted by Gasteiger charge is 2.20. The Bertz CT molecular complexity index is 737. The molecular weight excluding hydrogens is 410 g/mol. The Kier molecular flexibility index (Phi) is 4.41. The van der Waals surface area contributed by atoms with Gasteiger partial charge in [-0.2, -0.15) is 0 Å². The van der Waals surface area contributed by atoms with E-state index in [0.717, 1.165) is 5.56 Å². The van der Waals surface area contributed by atoms with Crippen LogP contribution in [0.5, 0.6) is 5.75 Å². The minimum atomic E-state index is -3.86. The second kappa shape index (κ2) is 5.75. The van der Waals surface area contributed by atoms with Crippen LogP contribution in [0.15, 0.2) is 50.2 Å². The van der Waals surface area contributed by atoms with E-state index in [1.165, 1.54) is 12.1 Å². The third-order valence-electron chi connectivity index (χ3n) is 2.58. The summed E-state index contributed by atoms with van der Waals surface area (Å²) in [5.41, 5.74) is 1.37. The van der Waals surface area contributed by atoms with Crippen LogP contribution in [0.3, 0.4) is 0 Å². The summed E-state index contributed by atoms with van der Waals surface area (Å²) >= 11 is 6.64. The van der Waals surface area contributed by atoms with Crippen molar-refractivity contribution in [2.24, 2.45) is 0 Å². The summed E-state index contributed by atoms with van der Waals surface area (Å²) in [6.45, 7) is 1.90. The average Bonchev–Trinajstić information content (AvgIpc) is 2.34. The van der Waals surface area contributed by atoms with Gasteiger partial charge >= 0.3 is 0 Å². The van der Waals surface area contributed by atoms with Crippen molar-refractivity contribution in [3.63, 3.8) is 0 Å². The highest BCUT2D eigenvalue weighted by molar-refractivity contribution is 9.11. The number of phenolic OH excluding ortho intramolecular Hbond substituents is 1. The highest BCUT2D eigenvalue weighted by Crippen LogP contribution is 2.34. The second-order valence-electron chi connectivity index (χ2n) is 4.18. The second-order valence-corrected chi connectivity index (χ2v) is 7.54. The summed E-state index contributed by atoms with van der Waals surface area (Å²) in [6, 6.07) is 9.38. The number of phenols is 1. The van der Waals surface area contributed by atoms with Gasteiger partial charge in [-0.15, -0.1) is 0 Å². The molecule has 2 N–H and O–H groups in total. The predicted octanol–water partition coefficient (Wildman–Crippen LogP) is 4.03. The summed E-state index contributed by atoms with van der Waals surface area (Å²) in [5, 5.41) is 9.66. The SMILES string of the molecule is Cc1cc(Br)c(NS(=O)(=O)c2ccccc2O)c(Br)c1. The number of benzene rings is 2. The first-order chi connectivity index (χ1) is 9.31. The Morgan fingerprint density at radius 3 is 2.20 bits per heavy atom. The number of halogens is 2. The van der Waals surface area contributed by atoms with E-state index in [1.807, 2.05) is 6.92 Å². The Hall–Kier alpha value is -1.05. The van der Waals surface area contributed by atoms with Crippen molar-refractivity contribution in [2.45, 2.75) is 11.8 Å². The molecule has 106 valence electrons. The van der Waals surface area contributed by atoms with Crippen LogP contribution in [-0.2, 0) is 10.0 Å². The van der Waals surface area contributed by atoms with Crippen LogP contribution in [0.2, 0.25) is 0 Å². The molecule has 0 aliphatic heterocycles.